The molecule has 0 atom stereocenters. The molecule has 0 saturated carbocycles. The number of aldehydes is 1. The lowest BCUT2D eigenvalue weighted by Gasteiger charge is -2.06. The molecule has 0 aliphatic carbocycles. The lowest BCUT2D eigenvalue weighted by molar-refractivity contribution is 0.0524. The molecule has 0 radical (unpaired) electrons. The smallest absolute Gasteiger partial charge is 0.338 e. The van der Waals surface area contributed by atoms with Crippen LogP contribution in [0.3, 0.4) is 0 Å². The predicted molar refractivity (Wildman–Crippen MR) is 60.5 cm³/mol. The van der Waals surface area contributed by atoms with Crippen LogP contribution in [0.5, 0.6) is 0 Å². The van der Waals surface area contributed by atoms with Gasteiger partial charge in [0.1, 0.15) is 0 Å². The average molecular weight is 292 g/mol. The summed E-state index contributed by atoms with van der Waals surface area (Å²) in [5, 5.41) is 0.371. The molecule has 0 aliphatic rings. The predicted octanol–water partition coefficient (Wildman–Crippen LogP) is 3.09. The molecular weight excluding hydrogens is 283 g/mol. The summed E-state index contributed by atoms with van der Waals surface area (Å²) in [7, 11) is 0. The summed E-state index contributed by atoms with van der Waals surface area (Å²) in [6.07, 6.45) is 0.590. The standard InChI is InChI=1S/C10H8BrClO3/c1-2-15-10(14)7-3-6(12)4-9(11)8(7)5-13/h3-5H,2H2,1H3. The van der Waals surface area contributed by atoms with Crippen molar-refractivity contribution in [3.05, 3.63) is 32.8 Å². The van der Waals surface area contributed by atoms with Crippen molar-refractivity contribution in [3.63, 3.8) is 0 Å². The molecule has 3 nitrogen and oxygen atoms in total. The molecule has 0 N–H and O–H groups in total. The highest BCUT2D eigenvalue weighted by molar-refractivity contribution is 9.10. The molecule has 1 rings (SSSR count). The number of benzene rings is 1. The van der Waals surface area contributed by atoms with Crippen molar-refractivity contribution in [3.8, 4) is 0 Å². The van der Waals surface area contributed by atoms with E-state index in [1.807, 2.05) is 0 Å². The maximum Gasteiger partial charge on any atom is 0.338 e. The van der Waals surface area contributed by atoms with Crippen molar-refractivity contribution < 1.29 is 14.3 Å². The van der Waals surface area contributed by atoms with Crippen LogP contribution >= 0.6 is 27.5 Å². The molecule has 0 saturated heterocycles. The van der Waals surface area contributed by atoms with Gasteiger partial charge in [0.2, 0.25) is 0 Å². The highest BCUT2D eigenvalue weighted by Crippen LogP contribution is 2.25. The Morgan fingerprint density at radius 3 is 2.80 bits per heavy atom. The molecule has 5 heteroatoms. The molecule has 0 unspecified atom stereocenters. The minimum atomic E-state index is -0.553. The summed E-state index contributed by atoms with van der Waals surface area (Å²) >= 11 is 8.92. The van der Waals surface area contributed by atoms with Crippen molar-refractivity contribution in [2.45, 2.75) is 6.92 Å². The highest BCUT2D eigenvalue weighted by atomic mass is 79.9. The fourth-order valence-corrected chi connectivity index (χ4v) is 1.99. The van der Waals surface area contributed by atoms with Gasteiger partial charge < -0.3 is 4.74 Å². The van der Waals surface area contributed by atoms with E-state index in [-0.39, 0.29) is 17.7 Å². The minimum Gasteiger partial charge on any atom is -0.462 e. The summed E-state index contributed by atoms with van der Waals surface area (Å²) in [6, 6.07) is 2.96. The molecule has 0 amide bonds. The van der Waals surface area contributed by atoms with Crippen molar-refractivity contribution in [2.24, 2.45) is 0 Å². The topological polar surface area (TPSA) is 43.4 Å². The molecule has 0 bridgehead atoms. The van der Waals surface area contributed by atoms with Crippen LogP contribution in [0, 0.1) is 0 Å². The van der Waals surface area contributed by atoms with Gasteiger partial charge in [-0.1, -0.05) is 11.6 Å². The Labute approximate surface area is 100 Å². The SMILES string of the molecule is CCOC(=O)c1cc(Cl)cc(Br)c1C=O. The van der Waals surface area contributed by atoms with Crippen LogP contribution < -0.4 is 0 Å². The number of carbonyl (C=O) groups excluding carboxylic acids is 2. The Morgan fingerprint density at radius 1 is 1.60 bits per heavy atom. The Balaban J connectivity index is 3.26. The summed E-state index contributed by atoms with van der Waals surface area (Å²) in [5.41, 5.74) is 0.420. The van der Waals surface area contributed by atoms with Gasteiger partial charge in [-0.2, -0.15) is 0 Å². The number of carbonyl (C=O) groups is 2. The van der Waals surface area contributed by atoms with Gasteiger partial charge in [0.25, 0.3) is 0 Å². The van der Waals surface area contributed by atoms with Crippen LogP contribution in [0.15, 0.2) is 16.6 Å². The number of hydrogen-bond donors (Lipinski definition) is 0. The van der Waals surface area contributed by atoms with E-state index in [0.29, 0.717) is 15.8 Å². The number of ether oxygens (including phenoxy) is 1. The molecule has 0 aliphatic heterocycles. The molecule has 1 aromatic carbocycles. The van der Waals surface area contributed by atoms with Gasteiger partial charge in [0.15, 0.2) is 6.29 Å². The van der Waals surface area contributed by atoms with E-state index in [2.05, 4.69) is 15.9 Å². The molecule has 0 spiro atoms. The summed E-state index contributed by atoms with van der Waals surface area (Å²) in [5.74, 6) is -0.553. The number of esters is 1. The van der Waals surface area contributed by atoms with Gasteiger partial charge in [-0.3, -0.25) is 4.79 Å². The third-order valence-electron chi connectivity index (χ3n) is 1.71. The third kappa shape index (κ3) is 2.79. The molecule has 0 heterocycles. The normalized spacial score (nSPS) is 9.80. The molecule has 0 fully saturated rings. The van der Waals surface area contributed by atoms with Gasteiger partial charge in [-0.15, -0.1) is 0 Å². The fourth-order valence-electron chi connectivity index (χ4n) is 1.08. The largest absolute Gasteiger partial charge is 0.462 e. The van der Waals surface area contributed by atoms with Gasteiger partial charge in [-0.05, 0) is 35.0 Å². The third-order valence-corrected chi connectivity index (χ3v) is 2.58. The maximum absolute atomic E-state index is 11.5. The first kappa shape index (κ1) is 12.2. The lowest BCUT2D eigenvalue weighted by atomic mass is 10.1. The molecule has 1 aromatic rings. The van der Waals surface area contributed by atoms with E-state index in [9.17, 15) is 9.59 Å². The van der Waals surface area contributed by atoms with Gasteiger partial charge in [-0.25, -0.2) is 4.79 Å². The number of rotatable bonds is 3. The van der Waals surface area contributed by atoms with Crippen LogP contribution in [0.4, 0.5) is 0 Å². The zero-order valence-corrected chi connectivity index (χ0v) is 10.3. The summed E-state index contributed by atoms with van der Waals surface area (Å²) in [6.45, 7) is 1.94. The second kappa shape index (κ2) is 5.28. The summed E-state index contributed by atoms with van der Waals surface area (Å²) in [4.78, 5) is 22.3. The monoisotopic (exact) mass is 290 g/mol. The fraction of sp³-hybridized carbons (Fsp3) is 0.200. The van der Waals surface area contributed by atoms with Crippen molar-refractivity contribution in [1.29, 1.82) is 0 Å². The van der Waals surface area contributed by atoms with Gasteiger partial charge >= 0.3 is 5.97 Å². The average Bonchev–Trinajstić information content (AvgIpc) is 2.17. The lowest BCUT2D eigenvalue weighted by Crippen LogP contribution is -2.08. The van der Waals surface area contributed by atoms with Gasteiger partial charge in [0, 0.05) is 15.1 Å². The van der Waals surface area contributed by atoms with Crippen LogP contribution in [0.25, 0.3) is 0 Å². The van der Waals surface area contributed by atoms with Crippen LogP contribution in [0.2, 0.25) is 5.02 Å². The van der Waals surface area contributed by atoms with Crippen molar-refractivity contribution in [1.82, 2.24) is 0 Å². The zero-order valence-electron chi connectivity index (χ0n) is 7.92. The molecule has 80 valence electrons. The molecule has 0 aromatic heterocycles. The van der Waals surface area contributed by atoms with E-state index in [0.717, 1.165) is 0 Å². The van der Waals surface area contributed by atoms with Crippen LogP contribution in [-0.2, 0) is 4.74 Å². The van der Waals surface area contributed by atoms with Crippen LogP contribution in [-0.4, -0.2) is 18.9 Å². The summed E-state index contributed by atoms with van der Waals surface area (Å²) < 4.78 is 5.28. The van der Waals surface area contributed by atoms with Crippen molar-refractivity contribution in [2.75, 3.05) is 6.61 Å². The van der Waals surface area contributed by atoms with E-state index >= 15 is 0 Å². The minimum absolute atomic E-state index is 0.172. The van der Waals surface area contributed by atoms with E-state index in [4.69, 9.17) is 16.3 Å². The van der Waals surface area contributed by atoms with E-state index < -0.39 is 5.97 Å². The highest BCUT2D eigenvalue weighted by Gasteiger charge is 2.15. The van der Waals surface area contributed by atoms with Crippen molar-refractivity contribution >= 4 is 39.8 Å². The number of halogens is 2. The second-order valence-corrected chi connectivity index (χ2v) is 3.98. The Bertz CT molecular complexity index is 404. The second-order valence-electron chi connectivity index (χ2n) is 2.69. The Hall–Kier alpha value is -0.870. The Kier molecular flexibility index (Phi) is 4.29. The van der Waals surface area contributed by atoms with E-state index in [1.165, 1.54) is 6.07 Å². The first-order chi connectivity index (χ1) is 7.10. The first-order valence-electron chi connectivity index (χ1n) is 4.21. The Morgan fingerprint density at radius 2 is 2.27 bits per heavy atom. The quantitative estimate of drug-likeness (QED) is 0.635. The van der Waals surface area contributed by atoms with E-state index in [1.54, 1.807) is 13.0 Å². The van der Waals surface area contributed by atoms with Gasteiger partial charge in [0.05, 0.1) is 12.2 Å². The first-order valence-corrected chi connectivity index (χ1v) is 5.38. The maximum atomic E-state index is 11.5. The molecular formula is C10H8BrClO3. The van der Waals surface area contributed by atoms with Crippen LogP contribution in [0.1, 0.15) is 27.6 Å². The molecule has 15 heavy (non-hydrogen) atoms. The zero-order chi connectivity index (χ0) is 11.4. The number of hydrogen-bond acceptors (Lipinski definition) is 3.